The first kappa shape index (κ1) is 44.9. The maximum Gasteiger partial charge on any atom is 0.418 e. The molecule has 1 aromatic carbocycles. The van der Waals surface area contributed by atoms with Gasteiger partial charge in [-0.05, 0) is 52.3 Å². The zero-order chi connectivity index (χ0) is 40.9. The number of carbonyl (C=O) groups is 7. The summed E-state index contributed by atoms with van der Waals surface area (Å²) >= 11 is 0. The van der Waals surface area contributed by atoms with Crippen molar-refractivity contribution in [2.24, 2.45) is 11.3 Å². The molecule has 2 unspecified atom stereocenters. The van der Waals surface area contributed by atoms with Gasteiger partial charge in [0.15, 0.2) is 17.4 Å². The highest BCUT2D eigenvalue weighted by Gasteiger charge is 2.55. The minimum Gasteiger partial charge on any atom is -0.489 e. The maximum atomic E-state index is 13.7. The molecule has 0 spiro atoms. The van der Waals surface area contributed by atoms with E-state index in [1.165, 1.54) is 81.9 Å². The number of likely N-dealkylation sites (tertiary alicyclic amines) is 1. The summed E-state index contributed by atoms with van der Waals surface area (Å²) in [5.74, 6) is -3.89. The van der Waals surface area contributed by atoms with Crippen LogP contribution in [0.2, 0.25) is 0 Å². The number of nitrogens with zero attached hydrogens (tertiary/aromatic N) is 2. The number of amides is 5. The van der Waals surface area contributed by atoms with Gasteiger partial charge in [0.2, 0.25) is 11.8 Å². The lowest BCUT2D eigenvalue weighted by atomic mass is 9.85. The van der Waals surface area contributed by atoms with Crippen LogP contribution in [0.3, 0.4) is 0 Å². The third-order valence-electron chi connectivity index (χ3n) is 9.61. The Balaban J connectivity index is 1.54. The Bertz CT molecular complexity index is 1550. The summed E-state index contributed by atoms with van der Waals surface area (Å²) in [6, 6.07) is 2.32. The number of Topliss-reactive ketones (excluding diaryl/α,β-unsaturated/α-hetero) is 1. The Morgan fingerprint density at radius 2 is 1.56 bits per heavy atom. The zero-order valence-electron chi connectivity index (χ0n) is 34.0. The number of hydrogen-bond acceptors (Lipinski definition) is 10. The topological polar surface area (TPSA) is 178 Å². The quantitative estimate of drug-likeness (QED) is 0.0785. The molecule has 2 N–H and O–H groups in total. The molecule has 2 aliphatic rings. The Hall–Kier alpha value is -4.49. The highest BCUT2D eigenvalue weighted by molar-refractivity contribution is 6.19. The lowest BCUT2D eigenvalue weighted by Crippen LogP contribution is -2.55. The van der Waals surface area contributed by atoms with Crippen molar-refractivity contribution in [1.82, 2.24) is 15.1 Å². The fourth-order valence-electron chi connectivity index (χ4n) is 6.44. The van der Waals surface area contributed by atoms with Crippen molar-refractivity contribution in [3.63, 3.8) is 0 Å². The molecule has 0 aliphatic carbocycles. The number of carbonyl (C=O) groups excluding carboxylic acids is 7. The predicted molar refractivity (Wildman–Crippen MR) is 206 cm³/mol. The molecule has 2 fully saturated rings. The SMILES string of the molecule is CCCCCCCCCCCCNC(=O)C1CC(=O)N(CCOC(=O)c2ccc(NC(=O)C(C(=O)C(C)(C)C)N3C(=O)OC(C)(C)C3=O)c(OC(C)C)c2)C1. The van der Waals surface area contributed by atoms with Gasteiger partial charge in [-0.25, -0.2) is 14.5 Å². The fraction of sp³-hybridized carbons (Fsp3) is 0.683. The van der Waals surface area contributed by atoms with Crippen molar-refractivity contribution in [1.29, 1.82) is 0 Å². The maximum absolute atomic E-state index is 13.7. The second-order valence-corrected chi connectivity index (χ2v) is 16.3. The molecule has 0 saturated carbocycles. The van der Waals surface area contributed by atoms with Crippen LogP contribution in [0.15, 0.2) is 18.2 Å². The number of benzene rings is 1. The number of imide groups is 1. The molecule has 3 rings (SSSR count). The minimum absolute atomic E-state index is 0.0804. The van der Waals surface area contributed by atoms with Crippen LogP contribution in [0.5, 0.6) is 5.75 Å². The van der Waals surface area contributed by atoms with Crippen LogP contribution in [0, 0.1) is 11.3 Å². The van der Waals surface area contributed by atoms with Crippen LogP contribution < -0.4 is 15.4 Å². The van der Waals surface area contributed by atoms with Crippen LogP contribution in [-0.4, -0.2) is 95.3 Å². The molecule has 1 aromatic rings. The Labute approximate surface area is 325 Å². The molecule has 2 aliphatic heterocycles. The first-order valence-electron chi connectivity index (χ1n) is 19.8. The van der Waals surface area contributed by atoms with E-state index in [0.717, 1.165) is 19.3 Å². The lowest BCUT2D eigenvalue weighted by Gasteiger charge is -2.28. The van der Waals surface area contributed by atoms with E-state index in [2.05, 4.69) is 17.6 Å². The Morgan fingerprint density at radius 3 is 2.13 bits per heavy atom. The molecule has 55 heavy (non-hydrogen) atoms. The summed E-state index contributed by atoms with van der Waals surface area (Å²) in [6.45, 7) is 14.0. The number of unbranched alkanes of at least 4 members (excludes halogenated alkanes) is 9. The van der Waals surface area contributed by atoms with Gasteiger partial charge in [0, 0.05) is 24.9 Å². The van der Waals surface area contributed by atoms with E-state index in [0.29, 0.717) is 11.4 Å². The summed E-state index contributed by atoms with van der Waals surface area (Å²) in [4.78, 5) is 93.5. The summed E-state index contributed by atoms with van der Waals surface area (Å²) in [5, 5.41) is 5.56. The Morgan fingerprint density at radius 1 is 0.945 bits per heavy atom. The highest BCUT2D eigenvalue weighted by atomic mass is 16.6. The predicted octanol–water partition coefficient (Wildman–Crippen LogP) is 6.20. The monoisotopic (exact) mass is 770 g/mol. The Kier molecular flexibility index (Phi) is 16.7. The van der Waals surface area contributed by atoms with Gasteiger partial charge in [-0.2, -0.15) is 0 Å². The van der Waals surface area contributed by atoms with Gasteiger partial charge in [0.25, 0.3) is 11.8 Å². The number of hydrogen-bond donors (Lipinski definition) is 2. The number of rotatable bonds is 22. The number of ether oxygens (including phenoxy) is 3. The van der Waals surface area contributed by atoms with E-state index in [1.807, 2.05) is 0 Å². The van der Waals surface area contributed by atoms with Gasteiger partial charge in [-0.1, -0.05) is 85.5 Å². The molecule has 14 nitrogen and oxygen atoms in total. The summed E-state index contributed by atoms with van der Waals surface area (Å²) in [5.41, 5.74) is -2.50. The molecular weight excluding hydrogens is 708 g/mol. The zero-order valence-corrected chi connectivity index (χ0v) is 34.0. The summed E-state index contributed by atoms with van der Waals surface area (Å²) in [7, 11) is 0. The normalized spacial score (nSPS) is 17.3. The minimum atomic E-state index is -1.83. The van der Waals surface area contributed by atoms with Gasteiger partial charge in [0.05, 0.1) is 29.8 Å². The van der Waals surface area contributed by atoms with E-state index < -0.39 is 58.7 Å². The van der Waals surface area contributed by atoms with Crippen LogP contribution in [-0.2, 0) is 33.4 Å². The van der Waals surface area contributed by atoms with Crippen molar-refractivity contribution in [3.05, 3.63) is 23.8 Å². The molecule has 306 valence electrons. The van der Waals surface area contributed by atoms with Gasteiger partial charge >= 0.3 is 12.1 Å². The van der Waals surface area contributed by atoms with Gasteiger partial charge in [-0.3, -0.25) is 24.0 Å². The van der Waals surface area contributed by atoms with Crippen molar-refractivity contribution in [2.45, 2.75) is 144 Å². The molecule has 0 aromatic heterocycles. The second-order valence-electron chi connectivity index (χ2n) is 16.3. The van der Waals surface area contributed by atoms with E-state index >= 15 is 0 Å². The number of anilines is 1. The fourth-order valence-corrected chi connectivity index (χ4v) is 6.44. The van der Waals surface area contributed by atoms with E-state index in [1.54, 1.807) is 34.6 Å². The molecule has 2 saturated heterocycles. The molecular formula is C41H62N4O10. The number of ketones is 1. The second kappa shape index (κ2) is 20.4. The van der Waals surface area contributed by atoms with Crippen LogP contribution in [0.25, 0.3) is 0 Å². The van der Waals surface area contributed by atoms with Crippen molar-refractivity contribution >= 4 is 47.2 Å². The third kappa shape index (κ3) is 13.1. The van der Waals surface area contributed by atoms with Crippen molar-refractivity contribution in [2.75, 3.05) is 31.6 Å². The van der Waals surface area contributed by atoms with Crippen LogP contribution in [0.1, 0.15) is 136 Å². The summed E-state index contributed by atoms with van der Waals surface area (Å²) < 4.78 is 16.5. The van der Waals surface area contributed by atoms with Crippen LogP contribution in [0.4, 0.5) is 10.5 Å². The molecule has 5 amide bonds. The van der Waals surface area contributed by atoms with Crippen LogP contribution >= 0.6 is 0 Å². The first-order chi connectivity index (χ1) is 25.9. The van der Waals surface area contributed by atoms with Gasteiger partial charge < -0.3 is 29.7 Å². The lowest BCUT2D eigenvalue weighted by molar-refractivity contribution is -0.145. The van der Waals surface area contributed by atoms with Crippen molar-refractivity contribution in [3.8, 4) is 5.75 Å². The van der Waals surface area contributed by atoms with E-state index in [4.69, 9.17) is 14.2 Å². The smallest absolute Gasteiger partial charge is 0.418 e. The molecule has 2 atom stereocenters. The van der Waals surface area contributed by atoms with E-state index in [-0.39, 0.29) is 54.9 Å². The number of nitrogens with one attached hydrogen (secondary N) is 2. The van der Waals surface area contributed by atoms with Gasteiger partial charge in [-0.15, -0.1) is 0 Å². The molecule has 14 heteroatoms. The largest absolute Gasteiger partial charge is 0.489 e. The molecule has 0 bridgehead atoms. The molecule has 2 heterocycles. The third-order valence-corrected chi connectivity index (χ3v) is 9.61. The van der Waals surface area contributed by atoms with Crippen molar-refractivity contribution < 1.29 is 47.8 Å². The summed E-state index contributed by atoms with van der Waals surface area (Å²) in [6.07, 6.45) is 10.7. The number of cyclic esters (lactones) is 1. The first-order valence-corrected chi connectivity index (χ1v) is 19.8. The van der Waals surface area contributed by atoms with Gasteiger partial charge in [0.1, 0.15) is 12.4 Å². The average molecular weight is 771 g/mol. The number of esters is 1. The highest BCUT2D eigenvalue weighted by Crippen LogP contribution is 2.32. The standard InChI is InChI=1S/C41H62N4O10/c1-9-10-11-12-13-14-15-16-17-18-21-42-35(48)29-25-32(46)44(26-29)22-23-53-37(50)28-19-20-30(31(24-28)54-27(2)3)43-36(49)33(34(47)40(4,5)6)45-38(51)41(7,8)55-39(45)52/h19-20,24,27,29,33H,9-18,21-23,25-26H2,1-8H3,(H,42,48)(H,43,49). The molecule has 0 radical (unpaired) electrons. The average Bonchev–Trinajstić information content (AvgIpc) is 3.57. The van der Waals surface area contributed by atoms with E-state index in [9.17, 15) is 33.6 Å².